The quantitative estimate of drug-likeness (QED) is 0.710. The van der Waals surface area contributed by atoms with Crippen LogP contribution in [-0.4, -0.2) is 32.9 Å². The van der Waals surface area contributed by atoms with E-state index in [-0.39, 0.29) is 18.2 Å². The lowest BCUT2D eigenvalue weighted by Gasteiger charge is -2.26. The number of furan rings is 1. The molecule has 0 spiro atoms. The van der Waals surface area contributed by atoms with Crippen molar-refractivity contribution >= 4 is 10.0 Å². The molecule has 1 aromatic carbocycles. The molecule has 1 atom stereocenters. The van der Waals surface area contributed by atoms with Crippen molar-refractivity contribution in [1.29, 1.82) is 0 Å². The lowest BCUT2D eigenvalue weighted by atomic mass is 9.95. The molecule has 1 heterocycles. The second-order valence-electron chi connectivity index (χ2n) is 6.41. The molecule has 2 aromatic rings. The summed E-state index contributed by atoms with van der Waals surface area (Å²) in [5.74, 6) is 1.13. The summed E-state index contributed by atoms with van der Waals surface area (Å²) in [5, 5.41) is 10.9. The number of methoxy groups -OCH3 is 1. The van der Waals surface area contributed by atoms with E-state index in [9.17, 15) is 13.5 Å². The number of aliphatic hydroxyl groups is 1. The highest BCUT2D eigenvalue weighted by Crippen LogP contribution is 2.45. The van der Waals surface area contributed by atoms with Gasteiger partial charge in [0.2, 0.25) is 10.0 Å². The average Bonchev–Trinajstić information content (AvgIpc) is 3.33. The van der Waals surface area contributed by atoms with Crippen molar-refractivity contribution in [2.45, 2.75) is 24.9 Å². The topological polar surface area (TPSA) is 88.8 Å². The first-order valence-electron chi connectivity index (χ1n) is 8.29. The molecule has 1 aliphatic rings. The van der Waals surface area contributed by atoms with E-state index < -0.39 is 15.6 Å². The SMILES string of the molecule is COc1ccc(CCS(=O)(=O)NCC(O)(c2ccco2)C2CC2)cc1. The maximum absolute atomic E-state index is 12.3. The highest BCUT2D eigenvalue weighted by atomic mass is 32.2. The Bertz CT molecular complexity index is 781. The summed E-state index contributed by atoms with van der Waals surface area (Å²) in [7, 11) is -1.92. The Morgan fingerprint density at radius 1 is 1.28 bits per heavy atom. The number of aryl methyl sites for hydroxylation is 1. The fourth-order valence-electron chi connectivity index (χ4n) is 2.85. The van der Waals surface area contributed by atoms with Gasteiger partial charge >= 0.3 is 0 Å². The zero-order valence-electron chi connectivity index (χ0n) is 14.1. The van der Waals surface area contributed by atoms with Crippen LogP contribution in [0.15, 0.2) is 47.1 Å². The van der Waals surface area contributed by atoms with Gasteiger partial charge in [-0.1, -0.05) is 12.1 Å². The third-order valence-corrected chi connectivity index (χ3v) is 5.91. The number of hydrogen-bond donors (Lipinski definition) is 2. The monoisotopic (exact) mass is 365 g/mol. The Morgan fingerprint density at radius 3 is 2.56 bits per heavy atom. The predicted molar refractivity (Wildman–Crippen MR) is 93.8 cm³/mol. The number of benzene rings is 1. The van der Waals surface area contributed by atoms with Gasteiger partial charge < -0.3 is 14.3 Å². The normalized spacial score (nSPS) is 17.2. The number of ether oxygens (including phenoxy) is 1. The van der Waals surface area contributed by atoms with Gasteiger partial charge in [0.25, 0.3) is 0 Å². The number of hydrogen-bond acceptors (Lipinski definition) is 5. The minimum absolute atomic E-state index is 0.0305. The first-order valence-corrected chi connectivity index (χ1v) is 9.95. The summed E-state index contributed by atoms with van der Waals surface area (Å²) in [6.07, 6.45) is 3.61. The molecule has 6 nitrogen and oxygen atoms in total. The van der Waals surface area contributed by atoms with Crippen molar-refractivity contribution in [3.8, 4) is 5.75 Å². The second kappa shape index (κ2) is 7.19. The van der Waals surface area contributed by atoms with Crippen LogP contribution in [0, 0.1) is 5.92 Å². The van der Waals surface area contributed by atoms with Crippen molar-refractivity contribution < 1.29 is 22.7 Å². The van der Waals surface area contributed by atoms with Gasteiger partial charge in [0.05, 0.1) is 19.1 Å². The van der Waals surface area contributed by atoms with Gasteiger partial charge in [-0.05, 0) is 55.0 Å². The Morgan fingerprint density at radius 2 is 2.00 bits per heavy atom. The molecule has 1 aromatic heterocycles. The number of nitrogens with one attached hydrogen (secondary N) is 1. The van der Waals surface area contributed by atoms with Crippen molar-refractivity contribution in [3.63, 3.8) is 0 Å². The molecular formula is C18H23NO5S. The van der Waals surface area contributed by atoms with Crippen LogP contribution in [0.25, 0.3) is 0 Å². The highest BCUT2D eigenvalue weighted by Gasteiger charge is 2.47. The standard InChI is InChI=1S/C18H23NO5S/c1-23-16-8-4-14(5-9-16)10-12-25(21,22)19-13-18(20,15-6-7-15)17-3-2-11-24-17/h2-5,8-9,11,15,19-20H,6-7,10,12-13H2,1H3. The minimum Gasteiger partial charge on any atom is -0.497 e. The molecule has 0 radical (unpaired) electrons. The summed E-state index contributed by atoms with van der Waals surface area (Å²) in [6, 6.07) is 10.7. The molecule has 136 valence electrons. The van der Waals surface area contributed by atoms with Crippen LogP contribution in [0.5, 0.6) is 5.75 Å². The molecule has 1 saturated carbocycles. The zero-order valence-corrected chi connectivity index (χ0v) is 15.0. The second-order valence-corrected chi connectivity index (χ2v) is 8.34. The van der Waals surface area contributed by atoms with E-state index in [1.807, 2.05) is 12.1 Å². The fraction of sp³-hybridized carbons (Fsp3) is 0.444. The highest BCUT2D eigenvalue weighted by molar-refractivity contribution is 7.89. The van der Waals surface area contributed by atoms with E-state index in [1.165, 1.54) is 6.26 Å². The van der Waals surface area contributed by atoms with Gasteiger partial charge in [0.1, 0.15) is 17.1 Å². The first kappa shape index (κ1) is 18.0. The van der Waals surface area contributed by atoms with Crippen LogP contribution in [0.4, 0.5) is 0 Å². The van der Waals surface area contributed by atoms with Gasteiger partial charge in [-0.15, -0.1) is 0 Å². The van der Waals surface area contributed by atoms with E-state index in [4.69, 9.17) is 9.15 Å². The molecule has 0 bridgehead atoms. The molecule has 0 aliphatic heterocycles. The molecule has 7 heteroatoms. The molecule has 1 fully saturated rings. The van der Waals surface area contributed by atoms with Crippen molar-refractivity contribution in [3.05, 3.63) is 54.0 Å². The van der Waals surface area contributed by atoms with Gasteiger partial charge in [-0.3, -0.25) is 0 Å². The molecule has 0 saturated heterocycles. The van der Waals surface area contributed by atoms with E-state index in [2.05, 4.69) is 4.72 Å². The van der Waals surface area contributed by atoms with Crippen molar-refractivity contribution in [1.82, 2.24) is 4.72 Å². The van der Waals surface area contributed by atoms with Gasteiger partial charge in [0.15, 0.2) is 0 Å². The van der Waals surface area contributed by atoms with Crippen molar-refractivity contribution in [2.75, 3.05) is 19.4 Å². The summed E-state index contributed by atoms with van der Waals surface area (Å²) >= 11 is 0. The zero-order chi connectivity index (χ0) is 17.9. The Labute approximate surface area is 147 Å². The van der Waals surface area contributed by atoms with Gasteiger partial charge in [-0.25, -0.2) is 13.1 Å². The van der Waals surface area contributed by atoms with Crippen LogP contribution in [-0.2, 0) is 22.0 Å². The summed E-state index contributed by atoms with van der Waals surface area (Å²) in [6.45, 7) is -0.0733. The molecule has 0 amide bonds. The smallest absolute Gasteiger partial charge is 0.212 e. The summed E-state index contributed by atoms with van der Waals surface area (Å²) in [5.41, 5.74) is -0.369. The Balaban J connectivity index is 1.59. The summed E-state index contributed by atoms with van der Waals surface area (Å²) in [4.78, 5) is 0. The Kier molecular flexibility index (Phi) is 5.17. The van der Waals surface area contributed by atoms with Gasteiger partial charge in [0, 0.05) is 6.54 Å². The minimum atomic E-state index is -3.51. The number of sulfonamides is 1. The fourth-order valence-corrected chi connectivity index (χ4v) is 3.94. The molecule has 2 N–H and O–H groups in total. The Hall–Kier alpha value is -1.83. The van der Waals surface area contributed by atoms with Crippen LogP contribution in [0.2, 0.25) is 0 Å². The van der Waals surface area contributed by atoms with Crippen LogP contribution in [0.1, 0.15) is 24.2 Å². The largest absolute Gasteiger partial charge is 0.497 e. The van der Waals surface area contributed by atoms with Crippen molar-refractivity contribution in [2.24, 2.45) is 5.92 Å². The van der Waals surface area contributed by atoms with E-state index >= 15 is 0 Å². The third-order valence-electron chi connectivity index (χ3n) is 4.58. The van der Waals surface area contributed by atoms with Crippen LogP contribution < -0.4 is 9.46 Å². The maximum Gasteiger partial charge on any atom is 0.212 e. The molecule has 1 aliphatic carbocycles. The summed E-state index contributed by atoms with van der Waals surface area (Å²) < 4.78 is 37.6. The average molecular weight is 365 g/mol. The third kappa shape index (κ3) is 4.42. The van der Waals surface area contributed by atoms with E-state index in [0.717, 1.165) is 24.2 Å². The van der Waals surface area contributed by atoms with Crippen LogP contribution in [0.3, 0.4) is 0 Å². The lowest BCUT2D eigenvalue weighted by molar-refractivity contribution is -0.00224. The molecule has 1 unspecified atom stereocenters. The first-order chi connectivity index (χ1) is 11.9. The lowest BCUT2D eigenvalue weighted by Crippen LogP contribution is -2.43. The molecular weight excluding hydrogens is 342 g/mol. The maximum atomic E-state index is 12.3. The molecule has 3 rings (SSSR count). The number of rotatable bonds is 9. The predicted octanol–water partition coefficient (Wildman–Crippen LogP) is 2.05. The van der Waals surface area contributed by atoms with E-state index in [0.29, 0.717) is 12.2 Å². The molecule has 25 heavy (non-hydrogen) atoms. The van der Waals surface area contributed by atoms with Gasteiger partial charge in [-0.2, -0.15) is 0 Å². The van der Waals surface area contributed by atoms with E-state index in [1.54, 1.807) is 31.4 Å². The van der Waals surface area contributed by atoms with Crippen LogP contribution >= 0.6 is 0 Å².